The third-order valence-electron chi connectivity index (χ3n) is 2.54. The molecule has 2 atom stereocenters. The van der Waals surface area contributed by atoms with Crippen LogP contribution in [-0.4, -0.2) is 22.1 Å². The summed E-state index contributed by atoms with van der Waals surface area (Å²) < 4.78 is 0. The Morgan fingerprint density at radius 1 is 1.56 bits per heavy atom. The Balaban J connectivity index is 2.66. The number of aromatic nitrogens is 1. The average molecular weight is 222 g/mol. The highest BCUT2D eigenvalue weighted by Crippen LogP contribution is 2.11. The Labute approximate surface area is 95.4 Å². The summed E-state index contributed by atoms with van der Waals surface area (Å²) in [6.45, 7) is 4.01. The van der Waals surface area contributed by atoms with Gasteiger partial charge in [-0.1, -0.05) is 12.1 Å². The highest BCUT2D eigenvalue weighted by molar-refractivity contribution is 5.85. The molecule has 5 heteroatoms. The highest BCUT2D eigenvalue weighted by Gasteiger charge is 2.15. The zero-order chi connectivity index (χ0) is 12.0. The summed E-state index contributed by atoms with van der Waals surface area (Å²) >= 11 is 0. The third-order valence-corrected chi connectivity index (χ3v) is 2.54. The Morgan fingerprint density at radius 2 is 2.19 bits per heavy atom. The van der Waals surface area contributed by atoms with E-state index in [1.165, 1.54) is 0 Å². The fraction of sp³-hybridized carbons (Fsp3) is 0.455. The van der Waals surface area contributed by atoms with Crippen LogP contribution in [0.1, 0.15) is 31.9 Å². The summed E-state index contributed by atoms with van der Waals surface area (Å²) in [4.78, 5) is 3.96. The molecule has 88 valence electrons. The molecule has 0 aliphatic heterocycles. The van der Waals surface area contributed by atoms with Crippen LogP contribution in [0, 0.1) is 0 Å². The largest absolute Gasteiger partial charge is 0.409 e. The molecular weight excluding hydrogens is 204 g/mol. The highest BCUT2D eigenvalue weighted by atomic mass is 16.4. The van der Waals surface area contributed by atoms with E-state index in [1.54, 1.807) is 12.4 Å². The Hall–Kier alpha value is -1.62. The molecule has 0 aliphatic carbocycles. The van der Waals surface area contributed by atoms with Gasteiger partial charge in [0.05, 0.1) is 6.04 Å². The van der Waals surface area contributed by atoms with Crippen LogP contribution in [0.4, 0.5) is 0 Å². The summed E-state index contributed by atoms with van der Waals surface area (Å²) in [6.07, 6.45) is 4.27. The lowest BCUT2D eigenvalue weighted by Crippen LogP contribution is -2.42. The molecule has 5 nitrogen and oxygen atoms in total. The first kappa shape index (κ1) is 12.4. The predicted octanol–water partition coefficient (Wildman–Crippen LogP) is 1.26. The second-order valence-electron chi connectivity index (χ2n) is 3.65. The molecule has 16 heavy (non-hydrogen) atoms. The van der Waals surface area contributed by atoms with Gasteiger partial charge in [-0.05, 0) is 31.0 Å². The number of amidine groups is 1. The average Bonchev–Trinajstić information content (AvgIpc) is 2.35. The van der Waals surface area contributed by atoms with Gasteiger partial charge in [-0.25, -0.2) is 0 Å². The lowest BCUT2D eigenvalue weighted by molar-refractivity contribution is 0.313. The Kier molecular flexibility index (Phi) is 4.72. The van der Waals surface area contributed by atoms with Crippen molar-refractivity contribution in [3.8, 4) is 0 Å². The molecule has 1 unspecified atom stereocenters. The fourth-order valence-corrected chi connectivity index (χ4v) is 1.53. The zero-order valence-electron chi connectivity index (χ0n) is 9.59. The normalized spacial score (nSPS) is 15.8. The molecule has 1 heterocycles. The van der Waals surface area contributed by atoms with Crippen molar-refractivity contribution in [3.05, 3.63) is 30.1 Å². The van der Waals surface area contributed by atoms with Crippen molar-refractivity contribution < 1.29 is 5.21 Å². The van der Waals surface area contributed by atoms with Crippen LogP contribution in [0.25, 0.3) is 0 Å². The fourth-order valence-electron chi connectivity index (χ4n) is 1.53. The summed E-state index contributed by atoms with van der Waals surface area (Å²) in [5, 5.41) is 14.9. The molecule has 0 fully saturated rings. The first-order chi connectivity index (χ1) is 7.69. The second-order valence-corrected chi connectivity index (χ2v) is 3.65. The van der Waals surface area contributed by atoms with Gasteiger partial charge in [-0.2, -0.15) is 0 Å². The van der Waals surface area contributed by atoms with E-state index in [9.17, 15) is 0 Å². The van der Waals surface area contributed by atoms with Gasteiger partial charge in [0.2, 0.25) is 0 Å². The zero-order valence-corrected chi connectivity index (χ0v) is 9.59. The predicted molar refractivity (Wildman–Crippen MR) is 63.3 cm³/mol. The summed E-state index contributed by atoms with van der Waals surface area (Å²) in [5.74, 6) is 0.211. The van der Waals surface area contributed by atoms with E-state index in [-0.39, 0.29) is 17.9 Å². The summed E-state index contributed by atoms with van der Waals surface area (Å²) in [6, 6.07) is 3.90. The van der Waals surface area contributed by atoms with Gasteiger partial charge in [0, 0.05) is 18.4 Å². The second kappa shape index (κ2) is 6.07. The van der Waals surface area contributed by atoms with Gasteiger partial charge in [0.15, 0.2) is 5.84 Å². The maximum atomic E-state index is 8.63. The summed E-state index contributed by atoms with van der Waals surface area (Å²) in [7, 11) is 0. The van der Waals surface area contributed by atoms with Crippen molar-refractivity contribution >= 4 is 5.84 Å². The van der Waals surface area contributed by atoms with E-state index in [1.807, 2.05) is 26.0 Å². The molecule has 0 aromatic carbocycles. The van der Waals surface area contributed by atoms with Crippen LogP contribution in [0.5, 0.6) is 0 Å². The van der Waals surface area contributed by atoms with Crippen molar-refractivity contribution in [2.45, 2.75) is 32.4 Å². The van der Waals surface area contributed by atoms with E-state index in [4.69, 9.17) is 10.9 Å². The van der Waals surface area contributed by atoms with Gasteiger partial charge in [-0.15, -0.1) is 0 Å². The van der Waals surface area contributed by atoms with Crippen LogP contribution >= 0.6 is 0 Å². The summed E-state index contributed by atoms with van der Waals surface area (Å²) in [5.41, 5.74) is 6.70. The number of nitrogens with zero attached hydrogens (tertiary/aromatic N) is 2. The monoisotopic (exact) mass is 222 g/mol. The number of pyridine rings is 1. The number of nitrogens with two attached hydrogens (primary N) is 1. The Bertz CT molecular complexity index is 339. The molecule has 0 spiro atoms. The maximum absolute atomic E-state index is 8.63. The van der Waals surface area contributed by atoms with Crippen LogP contribution in [-0.2, 0) is 0 Å². The molecule has 1 rings (SSSR count). The molecular formula is C11H18N4O. The van der Waals surface area contributed by atoms with E-state index >= 15 is 0 Å². The third kappa shape index (κ3) is 3.20. The van der Waals surface area contributed by atoms with Gasteiger partial charge in [0.1, 0.15) is 0 Å². The van der Waals surface area contributed by atoms with Crippen molar-refractivity contribution in [3.63, 3.8) is 0 Å². The molecule has 0 saturated carbocycles. The van der Waals surface area contributed by atoms with Gasteiger partial charge in [0.25, 0.3) is 0 Å². The molecule has 0 bridgehead atoms. The lowest BCUT2D eigenvalue weighted by Gasteiger charge is -2.21. The number of nitrogens with one attached hydrogen (secondary N) is 1. The quantitative estimate of drug-likeness (QED) is 0.303. The van der Waals surface area contributed by atoms with Crippen LogP contribution < -0.4 is 11.1 Å². The van der Waals surface area contributed by atoms with Crippen molar-refractivity contribution in [1.29, 1.82) is 0 Å². The van der Waals surface area contributed by atoms with Crippen LogP contribution in [0.3, 0.4) is 0 Å². The van der Waals surface area contributed by atoms with Crippen molar-refractivity contribution in [2.24, 2.45) is 10.9 Å². The SMILES string of the molecule is CCC(N[C@@H](C)c1ccncc1)/C(N)=N/O. The Morgan fingerprint density at radius 3 is 2.69 bits per heavy atom. The smallest absolute Gasteiger partial charge is 0.156 e. The molecule has 4 N–H and O–H groups in total. The van der Waals surface area contributed by atoms with E-state index in [0.29, 0.717) is 0 Å². The van der Waals surface area contributed by atoms with Crippen molar-refractivity contribution in [1.82, 2.24) is 10.3 Å². The van der Waals surface area contributed by atoms with Gasteiger partial charge < -0.3 is 16.3 Å². The van der Waals surface area contributed by atoms with Gasteiger partial charge >= 0.3 is 0 Å². The number of hydrogen-bond donors (Lipinski definition) is 3. The maximum Gasteiger partial charge on any atom is 0.156 e. The molecule has 0 saturated heterocycles. The minimum atomic E-state index is -0.117. The van der Waals surface area contributed by atoms with E-state index in [0.717, 1.165) is 12.0 Å². The molecule has 0 radical (unpaired) electrons. The molecule has 1 aromatic rings. The van der Waals surface area contributed by atoms with Crippen LogP contribution in [0.15, 0.2) is 29.7 Å². The molecule has 1 aromatic heterocycles. The minimum absolute atomic E-state index is 0.117. The molecule has 0 aliphatic rings. The van der Waals surface area contributed by atoms with Gasteiger partial charge in [-0.3, -0.25) is 4.98 Å². The van der Waals surface area contributed by atoms with E-state index < -0.39 is 0 Å². The van der Waals surface area contributed by atoms with Crippen molar-refractivity contribution in [2.75, 3.05) is 0 Å². The standard InChI is InChI=1S/C11H18N4O/c1-3-10(11(12)15-16)14-8(2)9-4-6-13-7-5-9/h4-8,10,14,16H,3H2,1-2H3,(H2,12,15)/t8-,10?/m0/s1. The lowest BCUT2D eigenvalue weighted by atomic mass is 10.1. The van der Waals surface area contributed by atoms with Crippen LogP contribution in [0.2, 0.25) is 0 Å². The number of rotatable bonds is 5. The van der Waals surface area contributed by atoms with E-state index in [2.05, 4.69) is 15.5 Å². The topological polar surface area (TPSA) is 83.5 Å². The number of hydrogen-bond acceptors (Lipinski definition) is 4. The first-order valence-electron chi connectivity index (χ1n) is 5.32. The number of oxime groups is 1. The molecule has 0 amide bonds. The first-order valence-corrected chi connectivity index (χ1v) is 5.32. The minimum Gasteiger partial charge on any atom is -0.409 e.